The molecule has 2 rings (SSSR count). The molecular formula is C22H27IN4O3. The van der Waals surface area contributed by atoms with Gasteiger partial charge in [-0.3, -0.25) is 14.4 Å². The Bertz CT molecular complexity index is 860. The SMILES string of the molecule is NCCCC[C@H](NC(=O)[C@H](Cc1ccccc1)NC(=O)c1ccccc1I)C(N)=O. The summed E-state index contributed by atoms with van der Waals surface area (Å²) in [5, 5.41) is 5.50. The summed E-state index contributed by atoms with van der Waals surface area (Å²) in [7, 11) is 0. The third-order valence-corrected chi connectivity index (χ3v) is 5.57. The third-order valence-electron chi connectivity index (χ3n) is 4.63. The van der Waals surface area contributed by atoms with E-state index in [1.165, 1.54) is 0 Å². The molecule has 0 aromatic heterocycles. The largest absolute Gasteiger partial charge is 0.368 e. The number of nitrogens with one attached hydrogen (secondary N) is 2. The second-order valence-corrected chi connectivity index (χ2v) is 8.11. The van der Waals surface area contributed by atoms with Gasteiger partial charge in [0.25, 0.3) is 5.91 Å². The predicted octanol–water partition coefficient (Wildman–Crippen LogP) is 1.73. The van der Waals surface area contributed by atoms with Crippen LogP contribution in [0.15, 0.2) is 54.6 Å². The van der Waals surface area contributed by atoms with Gasteiger partial charge in [-0.1, -0.05) is 42.5 Å². The number of amides is 3. The lowest BCUT2D eigenvalue weighted by Gasteiger charge is -2.22. The molecule has 30 heavy (non-hydrogen) atoms. The fourth-order valence-electron chi connectivity index (χ4n) is 2.99. The minimum absolute atomic E-state index is 0.288. The van der Waals surface area contributed by atoms with Gasteiger partial charge in [-0.25, -0.2) is 0 Å². The maximum atomic E-state index is 13.0. The normalized spacial score (nSPS) is 12.6. The number of carbonyl (C=O) groups excluding carboxylic acids is 3. The average Bonchev–Trinajstić information content (AvgIpc) is 2.73. The van der Waals surface area contributed by atoms with E-state index in [4.69, 9.17) is 11.5 Å². The van der Waals surface area contributed by atoms with Gasteiger partial charge < -0.3 is 22.1 Å². The number of unbranched alkanes of at least 4 members (excludes halogenated alkanes) is 1. The number of hydrogen-bond acceptors (Lipinski definition) is 4. The molecule has 0 fully saturated rings. The van der Waals surface area contributed by atoms with Crippen LogP contribution < -0.4 is 22.1 Å². The van der Waals surface area contributed by atoms with Crippen LogP contribution in [0.3, 0.4) is 0 Å². The number of primary amides is 1. The molecular weight excluding hydrogens is 495 g/mol. The van der Waals surface area contributed by atoms with Crippen molar-refractivity contribution in [2.45, 2.75) is 37.8 Å². The van der Waals surface area contributed by atoms with E-state index in [0.717, 1.165) is 15.6 Å². The van der Waals surface area contributed by atoms with E-state index in [9.17, 15) is 14.4 Å². The maximum Gasteiger partial charge on any atom is 0.253 e. The predicted molar refractivity (Wildman–Crippen MR) is 125 cm³/mol. The van der Waals surface area contributed by atoms with E-state index in [1.807, 2.05) is 42.5 Å². The van der Waals surface area contributed by atoms with Crippen molar-refractivity contribution in [3.05, 3.63) is 69.3 Å². The number of rotatable bonds is 11. The van der Waals surface area contributed by atoms with Crippen molar-refractivity contribution in [3.63, 3.8) is 0 Å². The van der Waals surface area contributed by atoms with Crippen LogP contribution in [-0.2, 0) is 16.0 Å². The second-order valence-electron chi connectivity index (χ2n) is 6.94. The number of carbonyl (C=O) groups is 3. The minimum Gasteiger partial charge on any atom is -0.368 e. The molecule has 0 bridgehead atoms. The number of benzene rings is 2. The zero-order valence-electron chi connectivity index (χ0n) is 16.6. The van der Waals surface area contributed by atoms with E-state index in [1.54, 1.807) is 12.1 Å². The molecule has 3 amide bonds. The summed E-state index contributed by atoms with van der Waals surface area (Å²) in [4.78, 5) is 37.6. The summed E-state index contributed by atoms with van der Waals surface area (Å²) in [6.45, 7) is 0.502. The maximum absolute atomic E-state index is 13.0. The van der Waals surface area contributed by atoms with Crippen LogP contribution in [0.1, 0.15) is 35.2 Å². The molecule has 0 aliphatic heterocycles. The molecule has 0 saturated heterocycles. The summed E-state index contributed by atoms with van der Waals surface area (Å²) in [6.07, 6.45) is 2.09. The molecule has 2 atom stereocenters. The fraction of sp³-hybridized carbons (Fsp3) is 0.318. The Morgan fingerprint density at radius 2 is 1.57 bits per heavy atom. The Labute approximate surface area is 190 Å². The highest BCUT2D eigenvalue weighted by molar-refractivity contribution is 14.1. The van der Waals surface area contributed by atoms with E-state index >= 15 is 0 Å². The Morgan fingerprint density at radius 1 is 0.900 bits per heavy atom. The first kappa shape index (κ1) is 23.8. The van der Waals surface area contributed by atoms with Gasteiger partial charge in [0.2, 0.25) is 11.8 Å². The molecule has 6 N–H and O–H groups in total. The highest BCUT2D eigenvalue weighted by Gasteiger charge is 2.26. The number of hydrogen-bond donors (Lipinski definition) is 4. The molecule has 8 heteroatoms. The lowest BCUT2D eigenvalue weighted by Crippen LogP contribution is -2.53. The van der Waals surface area contributed by atoms with Crippen LogP contribution in [0.5, 0.6) is 0 Å². The van der Waals surface area contributed by atoms with Crippen LogP contribution in [0, 0.1) is 3.57 Å². The summed E-state index contributed by atoms with van der Waals surface area (Å²) >= 11 is 2.08. The standard InChI is InChI=1S/C22H27IN4O3/c23-17-11-5-4-10-16(17)21(29)27-19(14-15-8-2-1-3-9-15)22(30)26-18(20(25)28)12-6-7-13-24/h1-5,8-11,18-19H,6-7,12-14,24H2,(H2,25,28)(H,26,30)(H,27,29)/t18-,19-/m0/s1. The topological polar surface area (TPSA) is 127 Å². The second kappa shape index (κ2) is 12.3. The molecule has 0 saturated carbocycles. The summed E-state index contributed by atoms with van der Waals surface area (Å²) in [5.41, 5.74) is 12.3. The molecule has 7 nitrogen and oxygen atoms in total. The van der Waals surface area contributed by atoms with Gasteiger partial charge in [-0.05, 0) is 66.1 Å². The van der Waals surface area contributed by atoms with Gasteiger partial charge in [0.1, 0.15) is 12.1 Å². The molecule has 2 aromatic carbocycles. The lowest BCUT2D eigenvalue weighted by molar-refractivity contribution is -0.128. The number of nitrogens with two attached hydrogens (primary N) is 2. The Morgan fingerprint density at radius 3 is 2.20 bits per heavy atom. The highest BCUT2D eigenvalue weighted by Crippen LogP contribution is 2.12. The van der Waals surface area contributed by atoms with Crippen molar-refractivity contribution in [2.75, 3.05) is 6.54 Å². The van der Waals surface area contributed by atoms with Gasteiger partial charge in [0.05, 0.1) is 5.56 Å². The first-order chi connectivity index (χ1) is 14.4. The molecule has 0 radical (unpaired) electrons. The zero-order chi connectivity index (χ0) is 21.9. The lowest BCUT2D eigenvalue weighted by atomic mass is 10.0. The summed E-state index contributed by atoms with van der Waals surface area (Å²) < 4.78 is 0.781. The first-order valence-electron chi connectivity index (χ1n) is 9.81. The highest BCUT2D eigenvalue weighted by atomic mass is 127. The molecule has 2 aromatic rings. The molecule has 0 unspecified atom stereocenters. The van der Waals surface area contributed by atoms with E-state index < -0.39 is 23.9 Å². The minimum atomic E-state index is -0.854. The van der Waals surface area contributed by atoms with Crippen LogP contribution in [0.4, 0.5) is 0 Å². The van der Waals surface area contributed by atoms with Crippen LogP contribution in [-0.4, -0.2) is 36.3 Å². The molecule has 0 heterocycles. The van der Waals surface area contributed by atoms with Crippen molar-refractivity contribution in [2.24, 2.45) is 11.5 Å². The van der Waals surface area contributed by atoms with Gasteiger partial charge in [-0.15, -0.1) is 0 Å². The number of halogens is 1. The van der Waals surface area contributed by atoms with Gasteiger partial charge in [0.15, 0.2) is 0 Å². The van der Waals surface area contributed by atoms with Crippen molar-refractivity contribution < 1.29 is 14.4 Å². The van der Waals surface area contributed by atoms with Crippen LogP contribution in [0.2, 0.25) is 0 Å². The monoisotopic (exact) mass is 522 g/mol. The fourth-order valence-corrected chi connectivity index (χ4v) is 3.62. The molecule has 0 spiro atoms. The van der Waals surface area contributed by atoms with E-state index in [-0.39, 0.29) is 12.3 Å². The van der Waals surface area contributed by atoms with Crippen LogP contribution >= 0.6 is 22.6 Å². The smallest absolute Gasteiger partial charge is 0.253 e. The average molecular weight is 522 g/mol. The van der Waals surface area contributed by atoms with Crippen LogP contribution in [0.25, 0.3) is 0 Å². The molecule has 0 aliphatic rings. The summed E-state index contributed by atoms with van der Waals surface area (Å²) in [5.74, 6) is -1.41. The Kier molecular flexibility index (Phi) is 9.75. The Hall–Kier alpha value is -2.46. The first-order valence-corrected chi connectivity index (χ1v) is 10.9. The van der Waals surface area contributed by atoms with Crippen molar-refractivity contribution in [1.29, 1.82) is 0 Å². The van der Waals surface area contributed by atoms with Crippen molar-refractivity contribution >= 4 is 40.3 Å². The van der Waals surface area contributed by atoms with Crippen molar-refractivity contribution in [3.8, 4) is 0 Å². The van der Waals surface area contributed by atoms with Crippen molar-refractivity contribution in [1.82, 2.24) is 10.6 Å². The summed E-state index contributed by atoms with van der Waals surface area (Å²) in [6, 6.07) is 14.8. The van der Waals surface area contributed by atoms with Gasteiger partial charge in [-0.2, -0.15) is 0 Å². The van der Waals surface area contributed by atoms with E-state index in [0.29, 0.717) is 24.9 Å². The molecule has 160 valence electrons. The third kappa shape index (κ3) is 7.42. The van der Waals surface area contributed by atoms with Gasteiger partial charge in [0, 0.05) is 9.99 Å². The zero-order valence-corrected chi connectivity index (χ0v) is 18.8. The molecule has 0 aliphatic carbocycles. The quantitative estimate of drug-likeness (QED) is 0.265. The van der Waals surface area contributed by atoms with Gasteiger partial charge >= 0.3 is 0 Å². The Balaban J connectivity index is 2.17. The van der Waals surface area contributed by atoms with E-state index in [2.05, 4.69) is 33.2 Å².